The summed E-state index contributed by atoms with van der Waals surface area (Å²) < 4.78 is 86.5. The molecule has 0 aromatic carbocycles. The first kappa shape index (κ1) is 17.3. The van der Waals surface area contributed by atoms with E-state index < -0.39 is 46.9 Å². The van der Waals surface area contributed by atoms with Crippen LogP contribution in [0.2, 0.25) is 0 Å². The predicted molar refractivity (Wildman–Crippen MR) is 43.2 cm³/mol. The van der Waals surface area contributed by atoms with Crippen LogP contribution >= 0.6 is 0 Å². The van der Waals surface area contributed by atoms with Crippen molar-refractivity contribution in [3.8, 4) is 0 Å². The fourth-order valence-corrected chi connectivity index (χ4v) is 1.09. The van der Waals surface area contributed by atoms with Crippen molar-refractivity contribution in [1.82, 2.24) is 0 Å². The third-order valence-electron chi connectivity index (χ3n) is 2.03. The van der Waals surface area contributed by atoms with Gasteiger partial charge in [0.2, 0.25) is 13.1 Å². The van der Waals surface area contributed by atoms with E-state index in [1.54, 1.807) is 0 Å². The molecule has 0 unspecified atom stereocenters. The summed E-state index contributed by atoms with van der Waals surface area (Å²) in [6.45, 7) is -4.20. The largest absolute Gasteiger partial charge is 0.459 e. The highest BCUT2D eigenvalue weighted by Crippen LogP contribution is 2.49. The van der Waals surface area contributed by atoms with Gasteiger partial charge in [-0.25, -0.2) is 0 Å². The lowest BCUT2D eigenvalue weighted by molar-refractivity contribution is -0.540. The summed E-state index contributed by atoms with van der Waals surface area (Å²) >= 11 is 0. The minimum atomic E-state index is -6.69. The van der Waals surface area contributed by atoms with Crippen LogP contribution < -0.4 is 0 Å². The third-order valence-corrected chi connectivity index (χ3v) is 2.03. The lowest BCUT2D eigenvalue weighted by Crippen LogP contribution is -2.58. The van der Waals surface area contributed by atoms with Gasteiger partial charge in [0, 0.05) is 9.85 Å². The second-order valence-corrected chi connectivity index (χ2v) is 3.42. The second kappa shape index (κ2) is 5.13. The van der Waals surface area contributed by atoms with E-state index in [0.29, 0.717) is 0 Å². The normalized spacial score (nSPS) is 13.7. The molecule has 0 saturated heterocycles. The van der Waals surface area contributed by atoms with E-state index in [4.69, 9.17) is 0 Å². The van der Waals surface area contributed by atoms with Gasteiger partial charge in [0.15, 0.2) is 5.92 Å². The molecule has 19 heavy (non-hydrogen) atoms. The van der Waals surface area contributed by atoms with Crippen molar-refractivity contribution in [3.05, 3.63) is 20.2 Å². The lowest BCUT2D eigenvalue weighted by atomic mass is 9.95. The number of halogens is 7. The molecular weight excluding hydrogens is 297 g/mol. The molecule has 0 fully saturated rings. The standard InChI is InChI=1S/C6H5F7N2O4/c7-4(8,5(9,10)6(11,12)13)3(1-14(16)17)2-15(18)19/h3H,1-2H2. The summed E-state index contributed by atoms with van der Waals surface area (Å²) in [4.78, 5) is 16.6. The number of nitro groups is 2. The van der Waals surface area contributed by atoms with Crippen molar-refractivity contribution in [2.75, 3.05) is 13.1 Å². The highest BCUT2D eigenvalue weighted by Gasteiger charge is 2.76. The Kier molecular flexibility index (Phi) is 4.67. The van der Waals surface area contributed by atoms with Gasteiger partial charge in [-0.1, -0.05) is 0 Å². The quantitative estimate of drug-likeness (QED) is 0.426. The number of nitrogens with zero attached hydrogens (tertiary/aromatic N) is 2. The molecule has 0 radical (unpaired) electrons. The van der Waals surface area contributed by atoms with Crippen molar-refractivity contribution in [2.24, 2.45) is 5.92 Å². The van der Waals surface area contributed by atoms with Gasteiger partial charge >= 0.3 is 18.0 Å². The minimum Gasteiger partial charge on any atom is -0.265 e. The van der Waals surface area contributed by atoms with Crippen molar-refractivity contribution < 1.29 is 40.6 Å². The molecule has 0 atom stereocenters. The van der Waals surface area contributed by atoms with E-state index in [2.05, 4.69) is 0 Å². The van der Waals surface area contributed by atoms with Crippen LogP contribution in [0.3, 0.4) is 0 Å². The number of hydrogen-bond acceptors (Lipinski definition) is 4. The fourth-order valence-electron chi connectivity index (χ4n) is 1.09. The topological polar surface area (TPSA) is 86.3 Å². The highest BCUT2D eigenvalue weighted by atomic mass is 19.4. The smallest absolute Gasteiger partial charge is 0.265 e. The van der Waals surface area contributed by atoms with Crippen LogP contribution in [0.25, 0.3) is 0 Å². The first-order valence-electron chi connectivity index (χ1n) is 4.29. The number of rotatable bonds is 6. The van der Waals surface area contributed by atoms with Crippen LogP contribution in [0.1, 0.15) is 0 Å². The van der Waals surface area contributed by atoms with Gasteiger partial charge < -0.3 is 0 Å². The first-order chi connectivity index (χ1) is 8.23. The maximum atomic E-state index is 13.0. The molecule has 0 aliphatic carbocycles. The second-order valence-electron chi connectivity index (χ2n) is 3.42. The Morgan fingerprint density at radius 3 is 1.37 bits per heavy atom. The zero-order valence-corrected chi connectivity index (χ0v) is 8.66. The molecule has 0 saturated carbocycles. The van der Waals surface area contributed by atoms with E-state index in [1.165, 1.54) is 0 Å². The van der Waals surface area contributed by atoms with Crippen molar-refractivity contribution in [3.63, 3.8) is 0 Å². The zero-order valence-electron chi connectivity index (χ0n) is 8.66. The Morgan fingerprint density at radius 2 is 1.16 bits per heavy atom. The molecule has 0 spiro atoms. The van der Waals surface area contributed by atoms with Gasteiger partial charge in [-0.05, 0) is 0 Å². The van der Waals surface area contributed by atoms with Gasteiger partial charge in [-0.2, -0.15) is 30.7 Å². The molecule has 0 aromatic heterocycles. The first-order valence-corrected chi connectivity index (χ1v) is 4.29. The lowest BCUT2D eigenvalue weighted by Gasteiger charge is -2.30. The summed E-state index contributed by atoms with van der Waals surface area (Å²) in [7, 11) is 0. The van der Waals surface area contributed by atoms with Gasteiger partial charge in [-0.15, -0.1) is 0 Å². The molecule has 0 rings (SSSR count). The molecule has 0 bridgehead atoms. The van der Waals surface area contributed by atoms with Gasteiger partial charge in [-0.3, -0.25) is 20.2 Å². The molecule has 0 aliphatic rings. The Bertz CT molecular complexity index is 353. The van der Waals surface area contributed by atoms with Crippen LogP contribution in [0.4, 0.5) is 30.7 Å². The average molecular weight is 302 g/mol. The molecule has 0 aromatic rings. The Balaban J connectivity index is 5.50. The molecule has 0 heterocycles. The summed E-state index contributed by atoms with van der Waals surface area (Å²) in [5, 5.41) is 19.9. The molecule has 0 amide bonds. The Hall–Kier alpha value is -1.69. The van der Waals surface area contributed by atoms with Crippen LogP contribution in [0.5, 0.6) is 0 Å². The maximum Gasteiger partial charge on any atom is 0.459 e. The number of hydrogen-bond donors (Lipinski definition) is 0. The van der Waals surface area contributed by atoms with E-state index in [1.807, 2.05) is 0 Å². The van der Waals surface area contributed by atoms with Gasteiger partial charge in [0.25, 0.3) is 0 Å². The summed E-state index contributed by atoms with van der Waals surface area (Å²) in [6.07, 6.45) is -6.69. The van der Waals surface area contributed by atoms with Gasteiger partial charge in [0.1, 0.15) is 0 Å². The highest BCUT2D eigenvalue weighted by molar-refractivity contribution is 4.95. The SMILES string of the molecule is O=[N+]([O-])CC(C[N+](=O)[O-])C(F)(F)C(F)(F)C(F)(F)F. The van der Waals surface area contributed by atoms with E-state index in [-0.39, 0.29) is 0 Å². The monoisotopic (exact) mass is 302 g/mol. The Labute approximate surface area is 99.0 Å². The third kappa shape index (κ3) is 3.64. The zero-order chi connectivity index (χ0) is 15.6. The molecule has 0 aliphatic heterocycles. The van der Waals surface area contributed by atoms with Crippen LogP contribution in [-0.4, -0.2) is 41.0 Å². The minimum absolute atomic E-state index is 1.63. The fraction of sp³-hybridized carbons (Fsp3) is 1.00. The van der Waals surface area contributed by atoms with Crippen LogP contribution in [-0.2, 0) is 0 Å². The summed E-state index contributed by atoms with van der Waals surface area (Å²) in [6, 6.07) is 0. The van der Waals surface area contributed by atoms with Crippen molar-refractivity contribution in [1.29, 1.82) is 0 Å². The number of alkyl halides is 7. The molecule has 6 nitrogen and oxygen atoms in total. The van der Waals surface area contributed by atoms with Crippen LogP contribution in [0, 0.1) is 26.1 Å². The van der Waals surface area contributed by atoms with E-state index in [0.717, 1.165) is 0 Å². The molecule has 112 valence electrons. The molecule has 13 heteroatoms. The van der Waals surface area contributed by atoms with E-state index >= 15 is 0 Å². The molecular formula is C6H5F7N2O4. The Morgan fingerprint density at radius 1 is 0.842 bits per heavy atom. The van der Waals surface area contributed by atoms with Crippen molar-refractivity contribution >= 4 is 0 Å². The van der Waals surface area contributed by atoms with Gasteiger partial charge in [0.05, 0.1) is 0 Å². The van der Waals surface area contributed by atoms with E-state index in [9.17, 15) is 51.0 Å². The average Bonchev–Trinajstić information content (AvgIpc) is 2.12. The predicted octanol–water partition coefficient (Wildman–Crippen LogP) is 1.99. The van der Waals surface area contributed by atoms with Crippen LogP contribution in [0.15, 0.2) is 0 Å². The molecule has 0 N–H and O–H groups in total. The van der Waals surface area contributed by atoms with Crippen molar-refractivity contribution in [2.45, 2.75) is 18.0 Å². The summed E-state index contributed by atoms with van der Waals surface area (Å²) in [5.74, 6) is -16.0. The maximum absolute atomic E-state index is 13.0. The summed E-state index contributed by atoms with van der Waals surface area (Å²) in [5.41, 5.74) is 0.